The zero-order valence-electron chi connectivity index (χ0n) is 15.5. The van der Waals surface area contributed by atoms with Gasteiger partial charge in [-0.15, -0.1) is 0 Å². The van der Waals surface area contributed by atoms with Crippen molar-refractivity contribution in [2.75, 3.05) is 53.1 Å². The number of methoxy groups -OCH3 is 1. The van der Waals surface area contributed by atoms with Gasteiger partial charge in [-0.3, -0.25) is 4.79 Å². The van der Waals surface area contributed by atoms with Gasteiger partial charge in [-0.05, 0) is 37.1 Å². The SMILES string of the molecule is COCCOc1ccc(S(=O)(=O)N2CCN(C(=O)C3CCCO3)CC2)cc1. The van der Waals surface area contributed by atoms with Crippen molar-refractivity contribution in [3.63, 3.8) is 0 Å². The zero-order chi connectivity index (χ0) is 19.3. The van der Waals surface area contributed by atoms with Crippen LogP contribution in [-0.2, 0) is 24.3 Å². The Balaban J connectivity index is 1.57. The van der Waals surface area contributed by atoms with E-state index in [0.717, 1.165) is 12.8 Å². The fraction of sp³-hybridized carbons (Fsp3) is 0.611. The Labute approximate surface area is 160 Å². The topological polar surface area (TPSA) is 85.4 Å². The minimum absolute atomic E-state index is 0.0258. The minimum Gasteiger partial charge on any atom is -0.491 e. The van der Waals surface area contributed by atoms with E-state index in [2.05, 4.69) is 0 Å². The van der Waals surface area contributed by atoms with Crippen LogP contribution >= 0.6 is 0 Å². The molecule has 2 saturated heterocycles. The predicted molar refractivity (Wildman–Crippen MR) is 98.1 cm³/mol. The lowest BCUT2D eigenvalue weighted by Gasteiger charge is -2.35. The molecule has 2 aliphatic rings. The van der Waals surface area contributed by atoms with E-state index >= 15 is 0 Å². The van der Waals surface area contributed by atoms with Gasteiger partial charge in [0.1, 0.15) is 18.5 Å². The Kier molecular flexibility index (Phi) is 6.69. The molecule has 1 aromatic carbocycles. The highest BCUT2D eigenvalue weighted by molar-refractivity contribution is 7.89. The van der Waals surface area contributed by atoms with Gasteiger partial charge < -0.3 is 19.1 Å². The molecule has 8 nitrogen and oxygen atoms in total. The lowest BCUT2D eigenvalue weighted by molar-refractivity contribution is -0.142. The number of hydrogen-bond donors (Lipinski definition) is 0. The minimum atomic E-state index is -3.59. The van der Waals surface area contributed by atoms with E-state index in [1.54, 1.807) is 36.3 Å². The smallest absolute Gasteiger partial charge is 0.251 e. The van der Waals surface area contributed by atoms with E-state index < -0.39 is 10.0 Å². The van der Waals surface area contributed by atoms with Crippen LogP contribution in [0.4, 0.5) is 0 Å². The first-order valence-electron chi connectivity index (χ1n) is 9.15. The molecule has 0 N–H and O–H groups in total. The monoisotopic (exact) mass is 398 g/mol. The predicted octanol–water partition coefficient (Wildman–Crippen LogP) is 0.724. The van der Waals surface area contributed by atoms with Crippen molar-refractivity contribution >= 4 is 15.9 Å². The molecule has 0 spiro atoms. The van der Waals surface area contributed by atoms with Crippen LogP contribution in [0, 0.1) is 0 Å². The first-order chi connectivity index (χ1) is 13.0. The first-order valence-corrected chi connectivity index (χ1v) is 10.6. The molecule has 1 amide bonds. The Morgan fingerprint density at radius 1 is 1.15 bits per heavy atom. The summed E-state index contributed by atoms with van der Waals surface area (Å²) in [4.78, 5) is 14.3. The maximum atomic E-state index is 12.8. The van der Waals surface area contributed by atoms with Crippen molar-refractivity contribution < 1.29 is 27.4 Å². The molecule has 0 radical (unpaired) electrons. The Morgan fingerprint density at radius 3 is 2.44 bits per heavy atom. The summed E-state index contributed by atoms with van der Waals surface area (Å²) in [6, 6.07) is 6.36. The lowest BCUT2D eigenvalue weighted by Crippen LogP contribution is -2.52. The second-order valence-electron chi connectivity index (χ2n) is 6.54. The van der Waals surface area contributed by atoms with E-state index in [-0.39, 0.29) is 30.0 Å². The number of carbonyl (C=O) groups is 1. The Morgan fingerprint density at radius 2 is 1.85 bits per heavy atom. The van der Waals surface area contributed by atoms with Crippen molar-refractivity contribution in [1.29, 1.82) is 0 Å². The lowest BCUT2D eigenvalue weighted by atomic mass is 10.2. The third kappa shape index (κ3) is 4.78. The fourth-order valence-electron chi connectivity index (χ4n) is 3.22. The molecule has 2 aliphatic heterocycles. The average Bonchev–Trinajstić information content (AvgIpc) is 3.23. The number of nitrogens with zero attached hydrogens (tertiary/aromatic N) is 2. The second-order valence-corrected chi connectivity index (χ2v) is 8.48. The van der Waals surface area contributed by atoms with E-state index in [1.807, 2.05) is 0 Å². The van der Waals surface area contributed by atoms with Crippen LogP contribution < -0.4 is 4.74 Å². The number of carbonyl (C=O) groups excluding carboxylic acids is 1. The number of sulfonamides is 1. The Bertz CT molecular complexity index is 723. The molecular weight excluding hydrogens is 372 g/mol. The summed E-state index contributed by atoms with van der Waals surface area (Å²) in [5.74, 6) is 0.570. The highest BCUT2D eigenvalue weighted by Gasteiger charge is 2.33. The molecule has 2 fully saturated rings. The largest absolute Gasteiger partial charge is 0.491 e. The van der Waals surface area contributed by atoms with Crippen LogP contribution in [0.15, 0.2) is 29.2 Å². The van der Waals surface area contributed by atoms with Crippen molar-refractivity contribution in [3.8, 4) is 5.75 Å². The summed E-state index contributed by atoms with van der Waals surface area (Å²) in [5.41, 5.74) is 0. The van der Waals surface area contributed by atoms with Crippen molar-refractivity contribution in [3.05, 3.63) is 24.3 Å². The van der Waals surface area contributed by atoms with Gasteiger partial charge in [0, 0.05) is 39.9 Å². The summed E-state index contributed by atoms with van der Waals surface area (Å²) < 4.78 is 42.9. The molecule has 27 heavy (non-hydrogen) atoms. The van der Waals surface area contributed by atoms with Crippen LogP contribution in [0.1, 0.15) is 12.8 Å². The number of benzene rings is 1. The van der Waals surface area contributed by atoms with Crippen LogP contribution in [0.5, 0.6) is 5.75 Å². The number of hydrogen-bond acceptors (Lipinski definition) is 6. The number of rotatable bonds is 7. The quantitative estimate of drug-likeness (QED) is 0.630. The van der Waals surface area contributed by atoms with E-state index in [4.69, 9.17) is 14.2 Å². The molecule has 3 rings (SSSR count). The van der Waals surface area contributed by atoms with Gasteiger partial charge in [0.05, 0.1) is 11.5 Å². The molecule has 1 atom stereocenters. The van der Waals surface area contributed by atoms with Crippen LogP contribution in [0.2, 0.25) is 0 Å². The summed E-state index contributed by atoms with van der Waals surface area (Å²) in [6.45, 7) is 2.83. The molecule has 0 bridgehead atoms. The fourth-order valence-corrected chi connectivity index (χ4v) is 4.65. The summed E-state index contributed by atoms with van der Waals surface area (Å²) in [5, 5.41) is 0. The standard InChI is InChI=1S/C18H26N2O6S/c1-24-13-14-25-15-4-6-16(7-5-15)27(22,23)20-10-8-19(9-11-20)18(21)17-3-2-12-26-17/h4-7,17H,2-3,8-14H2,1H3. The van der Waals surface area contributed by atoms with Gasteiger partial charge in [0.2, 0.25) is 10.0 Å². The number of ether oxygens (including phenoxy) is 3. The molecule has 2 heterocycles. The molecule has 1 aromatic rings. The molecular formula is C18H26N2O6S. The summed E-state index contributed by atoms with van der Waals surface area (Å²) in [7, 11) is -2.00. The molecule has 1 unspecified atom stereocenters. The molecule has 9 heteroatoms. The summed E-state index contributed by atoms with van der Waals surface area (Å²) in [6.07, 6.45) is 1.28. The van der Waals surface area contributed by atoms with E-state index in [0.29, 0.717) is 38.7 Å². The van der Waals surface area contributed by atoms with Gasteiger partial charge in [-0.2, -0.15) is 4.31 Å². The third-order valence-electron chi connectivity index (χ3n) is 4.77. The van der Waals surface area contributed by atoms with Gasteiger partial charge in [-0.25, -0.2) is 8.42 Å². The number of amides is 1. The highest BCUT2D eigenvalue weighted by atomic mass is 32.2. The molecule has 0 saturated carbocycles. The van der Waals surface area contributed by atoms with Gasteiger partial charge in [0.15, 0.2) is 0 Å². The molecule has 150 valence electrons. The van der Waals surface area contributed by atoms with Crippen molar-refractivity contribution in [2.45, 2.75) is 23.8 Å². The van der Waals surface area contributed by atoms with E-state index in [9.17, 15) is 13.2 Å². The average molecular weight is 398 g/mol. The maximum Gasteiger partial charge on any atom is 0.251 e. The maximum absolute atomic E-state index is 12.8. The Hall–Kier alpha value is -1.68. The van der Waals surface area contributed by atoms with Crippen LogP contribution in [0.3, 0.4) is 0 Å². The van der Waals surface area contributed by atoms with Crippen LogP contribution in [-0.4, -0.2) is 82.7 Å². The zero-order valence-corrected chi connectivity index (χ0v) is 16.3. The van der Waals surface area contributed by atoms with Gasteiger partial charge in [0.25, 0.3) is 5.91 Å². The molecule has 0 aromatic heterocycles. The summed E-state index contributed by atoms with van der Waals surface area (Å²) >= 11 is 0. The number of piperazine rings is 1. The van der Waals surface area contributed by atoms with Gasteiger partial charge in [-0.1, -0.05) is 0 Å². The van der Waals surface area contributed by atoms with Crippen molar-refractivity contribution in [2.24, 2.45) is 0 Å². The third-order valence-corrected chi connectivity index (χ3v) is 6.69. The van der Waals surface area contributed by atoms with E-state index in [1.165, 1.54) is 4.31 Å². The van der Waals surface area contributed by atoms with Crippen molar-refractivity contribution in [1.82, 2.24) is 9.21 Å². The van der Waals surface area contributed by atoms with Crippen LogP contribution in [0.25, 0.3) is 0 Å². The highest BCUT2D eigenvalue weighted by Crippen LogP contribution is 2.22. The normalized spacial score (nSPS) is 21.4. The van der Waals surface area contributed by atoms with Gasteiger partial charge >= 0.3 is 0 Å². The first kappa shape index (κ1) is 20.1. The molecule has 0 aliphatic carbocycles. The second kappa shape index (κ2) is 9.01.